The molecule has 1 aromatic rings. The van der Waals surface area contributed by atoms with Crippen LogP contribution in [0.1, 0.15) is 32.6 Å². The fourth-order valence-electron chi connectivity index (χ4n) is 2.53. The van der Waals surface area contributed by atoms with E-state index in [0.717, 1.165) is 0 Å². The second-order valence-electron chi connectivity index (χ2n) is 4.91. The molecule has 1 atom stereocenters. The van der Waals surface area contributed by atoms with Gasteiger partial charge in [0.05, 0.1) is 4.92 Å². The van der Waals surface area contributed by atoms with E-state index < -0.39 is 4.92 Å². The lowest BCUT2D eigenvalue weighted by Gasteiger charge is -2.20. The maximum Gasteiger partial charge on any atom is 0.329 e. The second kappa shape index (κ2) is 5.81. The minimum atomic E-state index is -0.455. The molecule has 7 nitrogen and oxygen atoms in total. The maximum absolute atomic E-state index is 11.0. The lowest BCUT2D eigenvalue weighted by molar-refractivity contribution is -0.384. The Kier molecular flexibility index (Phi) is 4.13. The maximum atomic E-state index is 11.0. The van der Waals surface area contributed by atoms with Crippen molar-refractivity contribution in [2.24, 2.45) is 5.92 Å². The Morgan fingerprint density at radius 3 is 2.74 bits per heavy atom. The lowest BCUT2D eigenvalue weighted by atomic mass is 10.00. The summed E-state index contributed by atoms with van der Waals surface area (Å²) in [6.07, 6.45) is 6.06. The zero-order valence-corrected chi connectivity index (χ0v) is 11.2. The molecular formula is C12H19N5O2. The molecule has 7 heteroatoms. The van der Waals surface area contributed by atoms with Gasteiger partial charge in [-0.15, -0.1) is 0 Å². The second-order valence-corrected chi connectivity index (χ2v) is 4.91. The van der Waals surface area contributed by atoms with Gasteiger partial charge in [-0.2, -0.15) is 4.98 Å². The molecule has 0 aromatic carbocycles. The average molecular weight is 265 g/mol. The fourth-order valence-corrected chi connectivity index (χ4v) is 2.53. The SMILES string of the molecule is CNc1ncc([N+](=O)[O-])c(NC(C)C2CCCC2)n1. The molecule has 1 heterocycles. The van der Waals surface area contributed by atoms with Gasteiger partial charge in [-0.25, -0.2) is 4.98 Å². The van der Waals surface area contributed by atoms with Gasteiger partial charge in [0.25, 0.3) is 0 Å². The summed E-state index contributed by atoms with van der Waals surface area (Å²) in [5.41, 5.74) is -0.0798. The van der Waals surface area contributed by atoms with E-state index in [-0.39, 0.29) is 11.7 Å². The summed E-state index contributed by atoms with van der Waals surface area (Å²) in [7, 11) is 1.69. The molecule has 0 amide bonds. The van der Waals surface area contributed by atoms with Crippen LogP contribution in [0.25, 0.3) is 0 Å². The molecule has 1 aliphatic rings. The summed E-state index contributed by atoms with van der Waals surface area (Å²) in [5, 5.41) is 17.0. The van der Waals surface area contributed by atoms with Crippen LogP contribution in [0.15, 0.2) is 6.20 Å². The minimum Gasteiger partial charge on any atom is -0.361 e. The molecule has 1 unspecified atom stereocenters. The smallest absolute Gasteiger partial charge is 0.329 e. The summed E-state index contributed by atoms with van der Waals surface area (Å²) in [6.45, 7) is 2.06. The van der Waals surface area contributed by atoms with Crippen molar-refractivity contribution in [3.05, 3.63) is 16.3 Å². The van der Waals surface area contributed by atoms with Gasteiger partial charge >= 0.3 is 5.69 Å². The monoisotopic (exact) mass is 265 g/mol. The van der Waals surface area contributed by atoms with Gasteiger partial charge in [-0.05, 0) is 25.7 Å². The van der Waals surface area contributed by atoms with Crippen LogP contribution in [0.2, 0.25) is 0 Å². The van der Waals surface area contributed by atoms with Crippen molar-refractivity contribution in [1.29, 1.82) is 0 Å². The fraction of sp³-hybridized carbons (Fsp3) is 0.667. The Morgan fingerprint density at radius 1 is 1.47 bits per heavy atom. The van der Waals surface area contributed by atoms with Crippen LogP contribution in [0.3, 0.4) is 0 Å². The Morgan fingerprint density at radius 2 is 2.16 bits per heavy atom. The quantitative estimate of drug-likeness (QED) is 0.627. The molecule has 1 fully saturated rings. The zero-order valence-electron chi connectivity index (χ0n) is 11.2. The summed E-state index contributed by atoms with van der Waals surface area (Å²) in [4.78, 5) is 18.6. The normalized spacial score (nSPS) is 17.2. The highest BCUT2D eigenvalue weighted by atomic mass is 16.6. The summed E-state index contributed by atoms with van der Waals surface area (Å²) in [5.74, 6) is 1.24. The molecular weight excluding hydrogens is 246 g/mol. The van der Waals surface area contributed by atoms with Crippen molar-refractivity contribution in [1.82, 2.24) is 9.97 Å². The van der Waals surface area contributed by atoms with Crippen molar-refractivity contribution >= 4 is 17.5 Å². The predicted molar refractivity (Wildman–Crippen MR) is 73.3 cm³/mol. The zero-order chi connectivity index (χ0) is 13.8. The first-order valence-electron chi connectivity index (χ1n) is 6.57. The minimum absolute atomic E-state index is 0.0798. The molecule has 1 saturated carbocycles. The molecule has 0 radical (unpaired) electrons. The highest BCUT2D eigenvalue weighted by molar-refractivity contribution is 5.57. The molecule has 1 aromatic heterocycles. The van der Waals surface area contributed by atoms with Gasteiger partial charge < -0.3 is 10.6 Å². The number of nitrogens with zero attached hydrogens (tertiary/aromatic N) is 3. The van der Waals surface area contributed by atoms with Crippen LogP contribution in [-0.2, 0) is 0 Å². The molecule has 104 valence electrons. The molecule has 0 spiro atoms. The topological polar surface area (TPSA) is 93.0 Å². The number of hydrogen-bond donors (Lipinski definition) is 2. The van der Waals surface area contributed by atoms with Gasteiger partial charge in [0.1, 0.15) is 6.20 Å². The summed E-state index contributed by atoms with van der Waals surface area (Å²) >= 11 is 0. The molecule has 2 rings (SSSR count). The molecule has 0 aliphatic heterocycles. The Hall–Kier alpha value is -1.92. The third-order valence-electron chi connectivity index (χ3n) is 3.66. The third-order valence-corrected chi connectivity index (χ3v) is 3.66. The van der Waals surface area contributed by atoms with Crippen molar-refractivity contribution < 1.29 is 4.92 Å². The average Bonchev–Trinajstić information content (AvgIpc) is 2.92. The highest BCUT2D eigenvalue weighted by Crippen LogP contribution is 2.31. The van der Waals surface area contributed by atoms with Crippen molar-refractivity contribution in [3.8, 4) is 0 Å². The van der Waals surface area contributed by atoms with Gasteiger partial charge in [-0.1, -0.05) is 12.8 Å². The van der Waals surface area contributed by atoms with Crippen LogP contribution in [0.5, 0.6) is 0 Å². The first-order valence-corrected chi connectivity index (χ1v) is 6.57. The molecule has 19 heavy (non-hydrogen) atoms. The van der Waals surface area contributed by atoms with E-state index in [1.807, 2.05) is 0 Å². The van der Waals surface area contributed by atoms with Crippen LogP contribution < -0.4 is 10.6 Å². The van der Waals surface area contributed by atoms with Crippen LogP contribution >= 0.6 is 0 Å². The summed E-state index contributed by atoms with van der Waals surface area (Å²) < 4.78 is 0. The number of anilines is 2. The van der Waals surface area contributed by atoms with E-state index >= 15 is 0 Å². The number of hydrogen-bond acceptors (Lipinski definition) is 6. The summed E-state index contributed by atoms with van der Waals surface area (Å²) in [6, 6.07) is 0.181. The number of aromatic nitrogens is 2. The standard InChI is InChI=1S/C12H19N5O2/c1-8(9-5-3-4-6-9)15-11-10(17(18)19)7-14-12(13-2)16-11/h7-9H,3-6H2,1-2H3,(H2,13,14,15,16). The van der Waals surface area contributed by atoms with E-state index in [4.69, 9.17) is 0 Å². The Bertz CT molecular complexity index is 459. The predicted octanol–water partition coefficient (Wildman–Crippen LogP) is 2.42. The largest absolute Gasteiger partial charge is 0.361 e. The third kappa shape index (κ3) is 3.10. The Labute approximate surface area is 112 Å². The number of nitro groups is 1. The van der Waals surface area contributed by atoms with Crippen LogP contribution in [-0.4, -0.2) is 28.0 Å². The van der Waals surface area contributed by atoms with Gasteiger partial charge in [-0.3, -0.25) is 10.1 Å². The molecule has 1 aliphatic carbocycles. The van der Waals surface area contributed by atoms with Crippen LogP contribution in [0, 0.1) is 16.0 Å². The van der Waals surface area contributed by atoms with E-state index in [1.165, 1.54) is 31.9 Å². The molecule has 0 saturated heterocycles. The van der Waals surface area contributed by atoms with E-state index in [2.05, 4.69) is 27.5 Å². The first kappa shape index (κ1) is 13.5. The van der Waals surface area contributed by atoms with Gasteiger partial charge in [0, 0.05) is 13.1 Å². The number of nitrogens with one attached hydrogen (secondary N) is 2. The van der Waals surface area contributed by atoms with Crippen molar-refractivity contribution in [3.63, 3.8) is 0 Å². The van der Waals surface area contributed by atoms with Gasteiger partial charge in [0.15, 0.2) is 0 Å². The number of rotatable bonds is 5. The van der Waals surface area contributed by atoms with Gasteiger partial charge in [0.2, 0.25) is 11.8 Å². The lowest BCUT2D eigenvalue weighted by Crippen LogP contribution is -2.25. The van der Waals surface area contributed by atoms with Crippen molar-refractivity contribution in [2.75, 3.05) is 17.7 Å². The van der Waals surface area contributed by atoms with E-state index in [1.54, 1.807) is 7.05 Å². The Balaban J connectivity index is 2.18. The van der Waals surface area contributed by atoms with Crippen molar-refractivity contribution in [2.45, 2.75) is 38.6 Å². The molecule has 0 bridgehead atoms. The van der Waals surface area contributed by atoms with E-state index in [0.29, 0.717) is 17.7 Å². The first-order chi connectivity index (χ1) is 9.11. The van der Waals surface area contributed by atoms with E-state index in [9.17, 15) is 10.1 Å². The highest BCUT2D eigenvalue weighted by Gasteiger charge is 2.25. The molecule has 2 N–H and O–H groups in total. The van der Waals surface area contributed by atoms with Crippen LogP contribution in [0.4, 0.5) is 17.5 Å².